The van der Waals surface area contributed by atoms with E-state index in [1.807, 2.05) is 19.3 Å². The highest BCUT2D eigenvalue weighted by atomic mass is 79.9. The monoisotopic (exact) mass is 443 g/mol. The fraction of sp³-hybridized carbons (Fsp3) is 0.476. The SMILES string of the molecule is CCOCCn1c(-c2ccc(N3CCCC3C)nc2)nc2c(C)c(Br)cnc21. The van der Waals surface area contributed by atoms with Gasteiger partial charge in [0.15, 0.2) is 5.65 Å². The predicted octanol–water partition coefficient (Wildman–Crippen LogP) is 4.59. The summed E-state index contributed by atoms with van der Waals surface area (Å²) in [6.07, 6.45) is 6.24. The van der Waals surface area contributed by atoms with Crippen molar-refractivity contribution in [3.8, 4) is 11.4 Å². The predicted molar refractivity (Wildman–Crippen MR) is 116 cm³/mol. The van der Waals surface area contributed by atoms with Gasteiger partial charge in [-0.3, -0.25) is 0 Å². The number of imidazole rings is 1. The van der Waals surface area contributed by atoms with Crippen LogP contribution in [0, 0.1) is 6.92 Å². The van der Waals surface area contributed by atoms with Crippen molar-refractivity contribution in [2.75, 3.05) is 24.7 Å². The van der Waals surface area contributed by atoms with Crippen molar-refractivity contribution in [2.45, 2.75) is 46.2 Å². The van der Waals surface area contributed by atoms with E-state index in [9.17, 15) is 0 Å². The zero-order valence-corrected chi connectivity index (χ0v) is 18.2. The first-order valence-corrected chi connectivity index (χ1v) is 10.7. The van der Waals surface area contributed by atoms with Gasteiger partial charge in [-0.05, 0) is 67.2 Å². The number of hydrogen-bond donors (Lipinski definition) is 0. The minimum Gasteiger partial charge on any atom is -0.380 e. The quantitative estimate of drug-likeness (QED) is 0.521. The first kappa shape index (κ1) is 19.3. The summed E-state index contributed by atoms with van der Waals surface area (Å²) in [6, 6.07) is 4.79. The average molecular weight is 444 g/mol. The van der Waals surface area contributed by atoms with Crippen molar-refractivity contribution in [1.82, 2.24) is 19.5 Å². The highest BCUT2D eigenvalue weighted by Gasteiger charge is 2.22. The average Bonchev–Trinajstić information content (AvgIpc) is 3.29. The minimum atomic E-state index is 0.554. The molecule has 0 aliphatic carbocycles. The molecule has 1 fully saturated rings. The first-order chi connectivity index (χ1) is 13.6. The van der Waals surface area contributed by atoms with Crippen LogP contribution in [0.15, 0.2) is 29.0 Å². The van der Waals surface area contributed by atoms with Gasteiger partial charge in [-0.1, -0.05) is 0 Å². The molecule has 0 aromatic carbocycles. The lowest BCUT2D eigenvalue weighted by molar-refractivity contribution is 0.140. The van der Waals surface area contributed by atoms with Crippen LogP contribution < -0.4 is 4.90 Å². The molecule has 1 unspecified atom stereocenters. The van der Waals surface area contributed by atoms with Crippen LogP contribution in [0.2, 0.25) is 0 Å². The fourth-order valence-corrected chi connectivity index (χ4v) is 4.14. The Labute approximate surface area is 174 Å². The molecule has 1 saturated heterocycles. The normalized spacial score (nSPS) is 17.0. The van der Waals surface area contributed by atoms with Gasteiger partial charge in [0.25, 0.3) is 0 Å². The Hall–Kier alpha value is -1.99. The zero-order chi connectivity index (χ0) is 19.7. The van der Waals surface area contributed by atoms with E-state index in [1.165, 1.54) is 12.8 Å². The maximum Gasteiger partial charge on any atom is 0.160 e. The van der Waals surface area contributed by atoms with E-state index >= 15 is 0 Å². The molecule has 6 nitrogen and oxygen atoms in total. The van der Waals surface area contributed by atoms with Gasteiger partial charge in [-0.25, -0.2) is 15.0 Å². The summed E-state index contributed by atoms with van der Waals surface area (Å²) < 4.78 is 8.70. The van der Waals surface area contributed by atoms with Gasteiger partial charge < -0.3 is 14.2 Å². The number of halogens is 1. The summed E-state index contributed by atoms with van der Waals surface area (Å²) in [5.74, 6) is 1.93. The third kappa shape index (κ3) is 3.53. The Bertz CT molecular complexity index is 969. The third-order valence-electron chi connectivity index (χ3n) is 5.47. The molecule has 4 rings (SSSR count). The summed E-state index contributed by atoms with van der Waals surface area (Å²) in [5.41, 5.74) is 3.89. The molecule has 0 radical (unpaired) electrons. The summed E-state index contributed by atoms with van der Waals surface area (Å²) in [4.78, 5) is 16.7. The Morgan fingerprint density at radius 2 is 2.11 bits per heavy atom. The molecule has 3 aromatic heterocycles. The minimum absolute atomic E-state index is 0.554. The molecule has 0 spiro atoms. The van der Waals surface area contributed by atoms with Gasteiger partial charge in [0.05, 0.1) is 6.61 Å². The molecule has 7 heteroatoms. The van der Waals surface area contributed by atoms with Crippen LogP contribution in [0.1, 0.15) is 32.3 Å². The van der Waals surface area contributed by atoms with Crippen molar-refractivity contribution in [3.05, 3.63) is 34.6 Å². The number of pyridine rings is 2. The van der Waals surface area contributed by atoms with Crippen LogP contribution in [0.5, 0.6) is 0 Å². The van der Waals surface area contributed by atoms with Crippen molar-refractivity contribution >= 4 is 32.9 Å². The maximum atomic E-state index is 5.59. The highest BCUT2D eigenvalue weighted by molar-refractivity contribution is 9.10. The Morgan fingerprint density at radius 3 is 2.79 bits per heavy atom. The topological polar surface area (TPSA) is 56.1 Å². The van der Waals surface area contributed by atoms with Crippen LogP contribution in [0.25, 0.3) is 22.6 Å². The fourth-order valence-electron chi connectivity index (χ4n) is 3.85. The van der Waals surface area contributed by atoms with Gasteiger partial charge >= 0.3 is 0 Å². The van der Waals surface area contributed by atoms with Gasteiger partial charge in [0.1, 0.15) is 17.2 Å². The lowest BCUT2D eigenvalue weighted by Crippen LogP contribution is -2.26. The van der Waals surface area contributed by atoms with Crippen molar-refractivity contribution in [1.29, 1.82) is 0 Å². The zero-order valence-electron chi connectivity index (χ0n) is 16.7. The first-order valence-electron chi connectivity index (χ1n) is 9.92. The summed E-state index contributed by atoms with van der Waals surface area (Å²) in [5, 5.41) is 0. The molecule has 0 saturated carbocycles. The molecule has 1 aliphatic heterocycles. The molecule has 1 aliphatic rings. The van der Waals surface area contributed by atoms with E-state index in [-0.39, 0.29) is 0 Å². The number of nitrogens with zero attached hydrogens (tertiary/aromatic N) is 5. The molecular weight excluding hydrogens is 418 g/mol. The van der Waals surface area contributed by atoms with E-state index in [0.29, 0.717) is 25.8 Å². The second-order valence-electron chi connectivity index (χ2n) is 7.28. The standard InChI is InChI=1S/C21H26BrN5O/c1-4-28-11-10-27-20(25-19-15(3)17(22)13-24-21(19)27)16-7-8-18(23-12-16)26-9-5-6-14(26)2/h7-8,12-14H,4-6,9-11H2,1-3H3. The number of ether oxygens (including phenoxy) is 1. The van der Waals surface area contributed by atoms with Gasteiger partial charge in [0.2, 0.25) is 0 Å². The number of aryl methyl sites for hydroxylation is 1. The summed E-state index contributed by atoms with van der Waals surface area (Å²) in [7, 11) is 0. The molecule has 148 valence electrons. The Kier molecular flexibility index (Phi) is 5.64. The van der Waals surface area contributed by atoms with Crippen LogP contribution in [0.4, 0.5) is 5.82 Å². The number of hydrogen-bond acceptors (Lipinski definition) is 5. The number of rotatable bonds is 6. The van der Waals surface area contributed by atoms with Crippen LogP contribution in [-0.2, 0) is 11.3 Å². The van der Waals surface area contributed by atoms with Crippen LogP contribution in [-0.4, -0.2) is 45.3 Å². The van der Waals surface area contributed by atoms with E-state index < -0.39 is 0 Å². The van der Waals surface area contributed by atoms with Gasteiger partial charge in [-0.2, -0.15) is 0 Å². The highest BCUT2D eigenvalue weighted by Crippen LogP contribution is 2.30. The van der Waals surface area contributed by atoms with Gasteiger partial charge in [0, 0.05) is 48.2 Å². The van der Waals surface area contributed by atoms with Gasteiger partial charge in [-0.15, -0.1) is 0 Å². The summed E-state index contributed by atoms with van der Waals surface area (Å²) >= 11 is 3.57. The van der Waals surface area contributed by atoms with E-state index in [0.717, 1.165) is 45.0 Å². The van der Waals surface area contributed by atoms with Crippen molar-refractivity contribution in [2.24, 2.45) is 0 Å². The second kappa shape index (κ2) is 8.17. The molecule has 28 heavy (non-hydrogen) atoms. The van der Waals surface area contributed by atoms with E-state index in [4.69, 9.17) is 14.7 Å². The molecule has 0 bridgehead atoms. The number of anilines is 1. The van der Waals surface area contributed by atoms with E-state index in [1.54, 1.807) is 0 Å². The molecule has 4 heterocycles. The van der Waals surface area contributed by atoms with Crippen LogP contribution in [0.3, 0.4) is 0 Å². The molecular formula is C21H26BrN5O. The lowest BCUT2D eigenvalue weighted by Gasteiger charge is -2.22. The number of fused-ring (bicyclic) bond motifs is 1. The largest absolute Gasteiger partial charge is 0.380 e. The third-order valence-corrected chi connectivity index (χ3v) is 6.27. The summed E-state index contributed by atoms with van der Waals surface area (Å²) in [6.45, 7) is 9.45. The molecule has 0 N–H and O–H groups in total. The lowest BCUT2D eigenvalue weighted by atomic mass is 10.2. The second-order valence-corrected chi connectivity index (χ2v) is 8.13. The smallest absolute Gasteiger partial charge is 0.160 e. The van der Waals surface area contributed by atoms with Crippen molar-refractivity contribution in [3.63, 3.8) is 0 Å². The Balaban J connectivity index is 1.74. The molecule has 1 atom stereocenters. The van der Waals surface area contributed by atoms with Crippen molar-refractivity contribution < 1.29 is 4.74 Å². The van der Waals surface area contributed by atoms with E-state index in [2.05, 4.69) is 56.4 Å². The number of aromatic nitrogens is 4. The molecule has 0 amide bonds. The Morgan fingerprint density at radius 1 is 1.25 bits per heavy atom. The maximum absolute atomic E-state index is 5.59. The molecule has 3 aromatic rings. The van der Waals surface area contributed by atoms with Crippen LogP contribution >= 0.6 is 15.9 Å².